The Balaban J connectivity index is 1.50. The van der Waals surface area contributed by atoms with E-state index in [-0.39, 0.29) is 11.4 Å². The molecule has 1 aliphatic rings. The van der Waals surface area contributed by atoms with Crippen molar-refractivity contribution in [3.8, 4) is 5.75 Å². The van der Waals surface area contributed by atoms with Gasteiger partial charge >= 0.3 is 0 Å². The Kier molecular flexibility index (Phi) is 5.10. The van der Waals surface area contributed by atoms with Gasteiger partial charge in [-0.3, -0.25) is 0 Å². The number of nitrogens with zero attached hydrogens (tertiary/aromatic N) is 3. The Labute approximate surface area is 155 Å². The van der Waals surface area contributed by atoms with Crippen molar-refractivity contribution < 1.29 is 14.2 Å². The lowest BCUT2D eigenvalue weighted by molar-refractivity contribution is -0.101. The first-order chi connectivity index (χ1) is 12.8. The van der Waals surface area contributed by atoms with Crippen LogP contribution in [0.3, 0.4) is 0 Å². The van der Waals surface area contributed by atoms with Crippen molar-refractivity contribution in [1.29, 1.82) is 0 Å². The largest absolute Gasteiger partial charge is 0.491 e. The lowest BCUT2D eigenvalue weighted by Gasteiger charge is -2.23. The average Bonchev–Trinajstić information content (AvgIpc) is 2.69. The summed E-state index contributed by atoms with van der Waals surface area (Å²) in [5, 5.41) is 5.38. The Bertz CT molecular complexity index is 885. The maximum Gasteiger partial charge on any atom is 0.222 e. The van der Waals surface area contributed by atoms with Gasteiger partial charge < -0.3 is 19.5 Å². The van der Waals surface area contributed by atoms with Crippen molar-refractivity contribution >= 4 is 33.9 Å². The van der Waals surface area contributed by atoms with E-state index in [1.807, 2.05) is 24.3 Å². The molecule has 4 rings (SSSR count). The van der Waals surface area contributed by atoms with Crippen LogP contribution in [-0.2, 0) is 9.47 Å². The summed E-state index contributed by atoms with van der Waals surface area (Å²) in [5.41, 5.74) is 0.712. The van der Waals surface area contributed by atoms with Crippen LogP contribution in [-0.4, -0.2) is 47.5 Å². The van der Waals surface area contributed by atoms with Crippen molar-refractivity contribution in [3.63, 3.8) is 0 Å². The summed E-state index contributed by atoms with van der Waals surface area (Å²) < 4.78 is 16.8. The van der Waals surface area contributed by atoms with E-state index in [1.54, 1.807) is 18.6 Å². The molecule has 3 heterocycles. The number of halogens is 1. The second-order valence-corrected chi connectivity index (χ2v) is 6.13. The van der Waals surface area contributed by atoms with Crippen LogP contribution in [0.25, 0.3) is 10.8 Å². The minimum absolute atomic E-state index is 0.0287. The molecule has 1 atom stereocenters. The maximum atomic E-state index is 5.84. The third kappa shape index (κ3) is 4.01. The van der Waals surface area contributed by atoms with Crippen LogP contribution in [0.15, 0.2) is 42.9 Å². The zero-order valence-corrected chi connectivity index (χ0v) is 14.6. The first kappa shape index (κ1) is 17.0. The topological polar surface area (TPSA) is 78.4 Å². The fourth-order valence-corrected chi connectivity index (χ4v) is 2.78. The molecule has 1 N–H and O–H groups in total. The molecule has 1 aliphatic heterocycles. The fourth-order valence-electron chi connectivity index (χ4n) is 2.68. The highest BCUT2D eigenvalue weighted by Gasteiger charge is 2.15. The normalized spacial score (nSPS) is 17.2. The molecule has 8 heteroatoms. The summed E-state index contributed by atoms with van der Waals surface area (Å²) in [6.45, 7) is 2.29. The number of aromatic nitrogens is 3. The van der Waals surface area contributed by atoms with Gasteiger partial charge in [0.25, 0.3) is 0 Å². The first-order valence-electron chi connectivity index (χ1n) is 8.23. The molecular weight excluding hydrogens is 356 g/mol. The molecule has 0 saturated carbocycles. The molecule has 134 valence electrons. The van der Waals surface area contributed by atoms with Gasteiger partial charge in [-0.2, -0.15) is 0 Å². The zero-order chi connectivity index (χ0) is 17.8. The second-order valence-electron chi connectivity index (χ2n) is 5.79. The van der Waals surface area contributed by atoms with Gasteiger partial charge in [-0.15, -0.1) is 0 Å². The molecule has 3 aromatic rings. The van der Waals surface area contributed by atoms with Crippen LogP contribution in [0.2, 0.25) is 5.28 Å². The van der Waals surface area contributed by atoms with Crippen LogP contribution in [0.4, 0.5) is 11.5 Å². The van der Waals surface area contributed by atoms with Gasteiger partial charge in [-0.25, -0.2) is 15.0 Å². The van der Waals surface area contributed by atoms with Crippen LogP contribution < -0.4 is 10.1 Å². The fraction of sp³-hybridized carbons (Fsp3) is 0.278. The summed E-state index contributed by atoms with van der Waals surface area (Å²) in [6, 6.07) is 7.79. The maximum absolute atomic E-state index is 5.84. The van der Waals surface area contributed by atoms with Crippen molar-refractivity contribution in [2.45, 2.75) is 6.10 Å². The SMILES string of the molecule is Clc1ncc(Nc2nccc3cc(OC[C@H]4COCCO4)ccc23)cn1. The lowest BCUT2D eigenvalue weighted by atomic mass is 10.1. The molecule has 2 aromatic heterocycles. The quantitative estimate of drug-likeness (QED) is 0.689. The molecule has 0 bridgehead atoms. The monoisotopic (exact) mass is 372 g/mol. The Morgan fingerprint density at radius 3 is 2.85 bits per heavy atom. The van der Waals surface area contributed by atoms with Gasteiger partial charge in [-0.05, 0) is 41.3 Å². The van der Waals surface area contributed by atoms with Crippen LogP contribution in [0, 0.1) is 0 Å². The second kappa shape index (κ2) is 7.82. The molecule has 0 spiro atoms. The molecule has 0 aliphatic carbocycles. The van der Waals surface area contributed by atoms with Crippen LogP contribution >= 0.6 is 11.6 Å². The summed E-state index contributed by atoms with van der Waals surface area (Å²) in [4.78, 5) is 12.3. The van der Waals surface area contributed by atoms with E-state index in [0.717, 1.165) is 16.5 Å². The summed E-state index contributed by atoms with van der Waals surface area (Å²) in [5.74, 6) is 1.49. The molecular formula is C18H17ClN4O3. The van der Waals surface area contributed by atoms with Gasteiger partial charge in [-0.1, -0.05) is 0 Å². The molecule has 0 radical (unpaired) electrons. The van der Waals surface area contributed by atoms with E-state index in [4.69, 9.17) is 25.8 Å². The highest BCUT2D eigenvalue weighted by atomic mass is 35.5. The molecule has 1 fully saturated rings. The van der Waals surface area contributed by atoms with E-state index in [0.29, 0.717) is 37.9 Å². The average molecular weight is 373 g/mol. The molecule has 0 unspecified atom stereocenters. The van der Waals surface area contributed by atoms with E-state index in [1.165, 1.54) is 0 Å². The Morgan fingerprint density at radius 2 is 2.04 bits per heavy atom. The van der Waals surface area contributed by atoms with E-state index < -0.39 is 0 Å². The van der Waals surface area contributed by atoms with E-state index in [2.05, 4.69) is 20.3 Å². The van der Waals surface area contributed by atoms with Crippen LogP contribution in [0.5, 0.6) is 5.75 Å². The van der Waals surface area contributed by atoms with Gasteiger partial charge in [0.1, 0.15) is 24.3 Å². The highest BCUT2D eigenvalue weighted by molar-refractivity contribution is 6.28. The predicted octanol–water partition coefficient (Wildman–Crippen LogP) is 3.22. The smallest absolute Gasteiger partial charge is 0.222 e. The predicted molar refractivity (Wildman–Crippen MR) is 98.1 cm³/mol. The number of ether oxygens (including phenoxy) is 3. The van der Waals surface area contributed by atoms with Gasteiger partial charge in [0.15, 0.2) is 0 Å². The number of benzene rings is 1. The molecule has 26 heavy (non-hydrogen) atoms. The zero-order valence-electron chi connectivity index (χ0n) is 13.9. The number of pyridine rings is 1. The van der Waals surface area contributed by atoms with Gasteiger partial charge in [0.2, 0.25) is 5.28 Å². The Hall–Kier alpha value is -2.48. The van der Waals surface area contributed by atoms with Gasteiger partial charge in [0.05, 0.1) is 37.9 Å². The van der Waals surface area contributed by atoms with Crippen molar-refractivity contribution in [1.82, 2.24) is 15.0 Å². The molecule has 1 saturated heterocycles. The first-order valence-corrected chi connectivity index (χ1v) is 8.61. The minimum Gasteiger partial charge on any atom is -0.491 e. The standard InChI is InChI=1S/C18H17ClN4O3/c19-18-21-8-13(9-22-18)23-17-16-2-1-14(7-12(16)3-4-20-17)26-11-15-10-24-5-6-25-15/h1-4,7-9,15H,5-6,10-11H2,(H,20,23)/t15-/m1/s1. The molecule has 7 nitrogen and oxygen atoms in total. The number of hydrogen-bond donors (Lipinski definition) is 1. The van der Waals surface area contributed by atoms with Crippen molar-refractivity contribution in [2.24, 2.45) is 0 Å². The minimum atomic E-state index is -0.0287. The highest BCUT2D eigenvalue weighted by Crippen LogP contribution is 2.27. The van der Waals surface area contributed by atoms with Gasteiger partial charge in [0, 0.05) is 11.6 Å². The van der Waals surface area contributed by atoms with E-state index in [9.17, 15) is 0 Å². The third-order valence-corrected chi connectivity index (χ3v) is 4.13. The Morgan fingerprint density at radius 1 is 1.15 bits per heavy atom. The third-order valence-electron chi connectivity index (χ3n) is 3.94. The number of anilines is 2. The molecule has 0 amide bonds. The van der Waals surface area contributed by atoms with Crippen LogP contribution in [0.1, 0.15) is 0 Å². The summed E-state index contributed by atoms with van der Waals surface area (Å²) in [7, 11) is 0. The summed E-state index contributed by atoms with van der Waals surface area (Å²) in [6.07, 6.45) is 4.93. The molecule has 1 aromatic carbocycles. The number of fused-ring (bicyclic) bond motifs is 1. The van der Waals surface area contributed by atoms with Crippen molar-refractivity contribution in [2.75, 3.05) is 31.7 Å². The van der Waals surface area contributed by atoms with Crippen molar-refractivity contribution in [3.05, 3.63) is 48.1 Å². The number of hydrogen-bond acceptors (Lipinski definition) is 7. The summed E-state index contributed by atoms with van der Waals surface area (Å²) >= 11 is 5.72. The number of nitrogens with one attached hydrogen (secondary N) is 1. The van der Waals surface area contributed by atoms with E-state index >= 15 is 0 Å². The lowest BCUT2D eigenvalue weighted by Crippen LogP contribution is -2.33. The number of rotatable bonds is 5.